The number of carbonyl (C=O) groups excluding carboxylic acids is 1. The van der Waals surface area contributed by atoms with E-state index < -0.39 is 29.7 Å². The molecular weight excluding hydrogens is 496 g/mol. The van der Waals surface area contributed by atoms with Crippen molar-refractivity contribution in [2.75, 3.05) is 6.61 Å². The number of nitrogens with one attached hydrogen (secondary N) is 1. The standard InChI is InChI=1S/C29H23F2NO6/c30-17-9-12-27(25(31)13-17)36-15-19-11-10-18(38-19)14-26(28(33)34)32-29(35)37-16-24-22-7-3-1-5-20(22)21-6-2-4-8-23(21)24/h1-13,24,26H,14-16H2,(H,32,35)(H,33,34). The maximum absolute atomic E-state index is 13.7. The van der Waals surface area contributed by atoms with Gasteiger partial charge in [-0.25, -0.2) is 18.4 Å². The third-order valence-electron chi connectivity index (χ3n) is 6.32. The zero-order chi connectivity index (χ0) is 26.6. The number of hydrogen-bond donors (Lipinski definition) is 2. The minimum atomic E-state index is -1.31. The Morgan fingerprint density at radius 2 is 1.58 bits per heavy atom. The highest BCUT2D eigenvalue weighted by Crippen LogP contribution is 2.44. The molecule has 0 aliphatic heterocycles. The summed E-state index contributed by atoms with van der Waals surface area (Å²) in [6, 6.07) is 20.5. The first kappa shape index (κ1) is 25.0. The van der Waals surface area contributed by atoms with E-state index in [9.17, 15) is 23.5 Å². The minimum Gasteiger partial charge on any atom is -0.483 e. The summed E-state index contributed by atoms with van der Waals surface area (Å²) >= 11 is 0. The number of amides is 1. The maximum Gasteiger partial charge on any atom is 0.407 e. The van der Waals surface area contributed by atoms with Crippen LogP contribution in [0.4, 0.5) is 13.6 Å². The second-order valence-corrected chi connectivity index (χ2v) is 8.80. The van der Waals surface area contributed by atoms with Gasteiger partial charge in [0.1, 0.15) is 36.6 Å². The molecular formula is C29H23F2NO6. The first-order valence-corrected chi connectivity index (χ1v) is 11.9. The van der Waals surface area contributed by atoms with Crippen LogP contribution in [0.2, 0.25) is 0 Å². The summed E-state index contributed by atoms with van der Waals surface area (Å²) in [5, 5.41) is 12.0. The highest BCUT2D eigenvalue weighted by molar-refractivity contribution is 5.81. The number of fused-ring (bicyclic) bond motifs is 3. The van der Waals surface area contributed by atoms with E-state index in [1.54, 1.807) is 6.07 Å². The lowest BCUT2D eigenvalue weighted by molar-refractivity contribution is -0.139. The molecule has 0 saturated carbocycles. The van der Waals surface area contributed by atoms with E-state index in [-0.39, 0.29) is 37.1 Å². The summed E-state index contributed by atoms with van der Waals surface area (Å²) in [4.78, 5) is 24.3. The molecule has 1 aliphatic rings. The highest BCUT2D eigenvalue weighted by atomic mass is 19.1. The number of furan rings is 1. The van der Waals surface area contributed by atoms with Crippen LogP contribution in [-0.2, 0) is 22.6 Å². The molecule has 2 N–H and O–H groups in total. The molecule has 4 aromatic rings. The van der Waals surface area contributed by atoms with E-state index in [2.05, 4.69) is 5.32 Å². The van der Waals surface area contributed by atoms with Gasteiger partial charge in [0.05, 0.1) is 0 Å². The van der Waals surface area contributed by atoms with Gasteiger partial charge in [0.2, 0.25) is 0 Å². The van der Waals surface area contributed by atoms with Crippen molar-refractivity contribution in [1.29, 1.82) is 0 Å². The molecule has 1 aliphatic carbocycles. The fourth-order valence-electron chi connectivity index (χ4n) is 4.53. The molecule has 194 valence electrons. The van der Waals surface area contributed by atoms with Gasteiger partial charge in [-0.05, 0) is 46.5 Å². The van der Waals surface area contributed by atoms with E-state index in [0.29, 0.717) is 11.8 Å². The minimum absolute atomic E-state index is 0.0500. The van der Waals surface area contributed by atoms with Crippen LogP contribution >= 0.6 is 0 Å². The van der Waals surface area contributed by atoms with Gasteiger partial charge in [0.15, 0.2) is 11.6 Å². The fourth-order valence-corrected chi connectivity index (χ4v) is 4.53. The van der Waals surface area contributed by atoms with E-state index >= 15 is 0 Å². The quantitative estimate of drug-likeness (QED) is 0.296. The molecule has 0 saturated heterocycles. The predicted octanol–water partition coefficient (Wildman–Crippen LogP) is 5.67. The molecule has 0 bridgehead atoms. The van der Waals surface area contributed by atoms with E-state index in [4.69, 9.17) is 13.9 Å². The molecule has 9 heteroatoms. The van der Waals surface area contributed by atoms with E-state index in [1.807, 2.05) is 48.5 Å². The third-order valence-corrected chi connectivity index (χ3v) is 6.32. The van der Waals surface area contributed by atoms with E-state index in [1.165, 1.54) is 6.07 Å². The smallest absolute Gasteiger partial charge is 0.407 e. The SMILES string of the molecule is O=C(NC(Cc1ccc(COc2ccc(F)cc2F)o1)C(=O)O)OCC1c2ccccc2-c2ccccc21. The third kappa shape index (κ3) is 5.36. The predicted molar refractivity (Wildman–Crippen MR) is 133 cm³/mol. The second-order valence-electron chi connectivity index (χ2n) is 8.80. The number of hydrogen-bond acceptors (Lipinski definition) is 5. The Morgan fingerprint density at radius 3 is 2.24 bits per heavy atom. The van der Waals surface area contributed by atoms with Crippen molar-refractivity contribution >= 4 is 12.1 Å². The number of benzene rings is 3. The van der Waals surface area contributed by atoms with Gasteiger partial charge in [0.25, 0.3) is 0 Å². The summed E-state index contributed by atoms with van der Waals surface area (Å²) in [6.07, 6.45) is -1.01. The Balaban J connectivity index is 1.18. The molecule has 38 heavy (non-hydrogen) atoms. The van der Waals surface area contributed by atoms with Gasteiger partial charge in [-0.1, -0.05) is 48.5 Å². The molecule has 1 amide bonds. The number of carboxylic acid groups (broad SMARTS) is 1. The molecule has 0 radical (unpaired) electrons. The van der Waals surface area contributed by atoms with Gasteiger partial charge in [0, 0.05) is 18.4 Å². The molecule has 1 heterocycles. The molecule has 1 aromatic heterocycles. The largest absolute Gasteiger partial charge is 0.483 e. The Morgan fingerprint density at radius 1 is 0.921 bits per heavy atom. The topological polar surface area (TPSA) is 98.0 Å². The monoisotopic (exact) mass is 519 g/mol. The van der Waals surface area contributed by atoms with Crippen molar-refractivity contribution in [3.63, 3.8) is 0 Å². The van der Waals surface area contributed by atoms with Crippen LogP contribution in [-0.4, -0.2) is 29.8 Å². The number of halogens is 2. The van der Waals surface area contributed by atoms with Gasteiger partial charge in [-0.15, -0.1) is 0 Å². The average molecular weight is 520 g/mol. The van der Waals surface area contributed by atoms with Crippen LogP contribution in [0, 0.1) is 11.6 Å². The molecule has 0 spiro atoms. The lowest BCUT2D eigenvalue weighted by Gasteiger charge is -2.17. The normalized spacial score (nSPS) is 12.9. The molecule has 0 fully saturated rings. The lowest BCUT2D eigenvalue weighted by Crippen LogP contribution is -2.42. The van der Waals surface area contributed by atoms with Crippen molar-refractivity contribution in [3.05, 3.63) is 113 Å². The first-order chi connectivity index (χ1) is 18.4. The van der Waals surface area contributed by atoms with Crippen molar-refractivity contribution in [1.82, 2.24) is 5.32 Å². The zero-order valence-corrected chi connectivity index (χ0v) is 20.0. The maximum atomic E-state index is 13.7. The van der Waals surface area contributed by atoms with Crippen LogP contribution < -0.4 is 10.1 Å². The van der Waals surface area contributed by atoms with Crippen LogP contribution in [0.5, 0.6) is 5.75 Å². The number of carbonyl (C=O) groups is 2. The van der Waals surface area contributed by atoms with Gasteiger partial charge < -0.3 is 24.3 Å². The van der Waals surface area contributed by atoms with Gasteiger partial charge in [-0.3, -0.25) is 0 Å². The Bertz CT molecular complexity index is 1440. The summed E-state index contributed by atoms with van der Waals surface area (Å²) in [7, 11) is 0. The van der Waals surface area contributed by atoms with Crippen molar-refractivity contribution < 1.29 is 37.4 Å². The van der Waals surface area contributed by atoms with Gasteiger partial charge >= 0.3 is 12.1 Å². The Labute approximate surface area is 216 Å². The fraction of sp³-hybridized carbons (Fsp3) is 0.172. The summed E-state index contributed by atoms with van der Waals surface area (Å²) < 4.78 is 43.1. The lowest BCUT2D eigenvalue weighted by atomic mass is 9.98. The summed E-state index contributed by atoms with van der Waals surface area (Å²) in [5.74, 6) is -2.57. The second kappa shape index (κ2) is 10.8. The van der Waals surface area contributed by atoms with Gasteiger partial charge in [-0.2, -0.15) is 0 Å². The van der Waals surface area contributed by atoms with E-state index in [0.717, 1.165) is 34.4 Å². The van der Waals surface area contributed by atoms with Crippen LogP contribution in [0.25, 0.3) is 11.1 Å². The number of carboxylic acids is 1. The number of rotatable bonds is 9. The average Bonchev–Trinajstić information content (AvgIpc) is 3.48. The number of aliphatic carboxylic acids is 1. The molecule has 7 nitrogen and oxygen atoms in total. The summed E-state index contributed by atoms with van der Waals surface area (Å²) in [6.45, 7) is -0.103. The molecule has 1 unspecified atom stereocenters. The molecule has 3 aromatic carbocycles. The van der Waals surface area contributed by atoms with Crippen molar-refractivity contribution in [2.45, 2.75) is 25.0 Å². The zero-order valence-electron chi connectivity index (χ0n) is 20.0. The highest BCUT2D eigenvalue weighted by Gasteiger charge is 2.30. The Kier molecular flexibility index (Phi) is 7.08. The first-order valence-electron chi connectivity index (χ1n) is 11.9. The van der Waals surface area contributed by atoms with Crippen LogP contribution in [0.15, 0.2) is 83.3 Å². The Hall–Kier alpha value is -4.66. The molecule has 5 rings (SSSR count). The van der Waals surface area contributed by atoms with Crippen LogP contribution in [0.3, 0.4) is 0 Å². The van der Waals surface area contributed by atoms with Crippen molar-refractivity contribution in [3.8, 4) is 16.9 Å². The number of ether oxygens (including phenoxy) is 2. The molecule has 1 atom stereocenters. The van der Waals surface area contributed by atoms with Crippen molar-refractivity contribution in [2.24, 2.45) is 0 Å². The number of alkyl carbamates (subject to hydrolysis) is 1. The van der Waals surface area contributed by atoms with Crippen LogP contribution in [0.1, 0.15) is 28.6 Å². The summed E-state index contributed by atoms with van der Waals surface area (Å²) in [5.41, 5.74) is 4.25.